The van der Waals surface area contributed by atoms with E-state index in [2.05, 4.69) is 5.92 Å². The number of imidazole rings is 1. The van der Waals surface area contributed by atoms with E-state index >= 15 is 0 Å². The molecule has 0 unspecified atom stereocenters. The largest absolute Gasteiger partial charge is 0.494 e. The second-order valence-corrected chi connectivity index (χ2v) is 5.23. The number of nitrogens with two attached hydrogens (primary N) is 1. The van der Waals surface area contributed by atoms with Crippen LogP contribution >= 0.6 is 0 Å². The van der Waals surface area contributed by atoms with Crippen molar-refractivity contribution in [1.29, 1.82) is 0 Å². The number of ether oxygens (including phenoxy) is 1. The summed E-state index contributed by atoms with van der Waals surface area (Å²) in [6, 6.07) is 7.85. The molecule has 0 amide bonds. The minimum Gasteiger partial charge on any atom is -0.494 e. The SMILES string of the molecule is C#CCn1c(C2CC2)nc(-c2ccc(OCC)cc2)c1N. The van der Waals surface area contributed by atoms with E-state index in [1.54, 1.807) is 0 Å². The van der Waals surface area contributed by atoms with Crippen LogP contribution < -0.4 is 10.5 Å². The second kappa shape index (κ2) is 5.53. The van der Waals surface area contributed by atoms with Gasteiger partial charge in [-0.3, -0.25) is 0 Å². The molecule has 2 aromatic rings. The number of nitrogens with zero attached hydrogens (tertiary/aromatic N) is 2. The van der Waals surface area contributed by atoms with Crippen molar-refractivity contribution in [3.63, 3.8) is 0 Å². The van der Waals surface area contributed by atoms with E-state index in [1.165, 1.54) is 12.8 Å². The van der Waals surface area contributed by atoms with Gasteiger partial charge in [0.25, 0.3) is 0 Å². The Morgan fingerprint density at radius 3 is 2.67 bits per heavy atom. The Morgan fingerprint density at radius 1 is 1.38 bits per heavy atom. The Morgan fingerprint density at radius 2 is 2.10 bits per heavy atom. The molecule has 0 bridgehead atoms. The van der Waals surface area contributed by atoms with Crippen molar-refractivity contribution in [2.45, 2.75) is 32.2 Å². The minimum absolute atomic E-state index is 0.474. The summed E-state index contributed by atoms with van der Waals surface area (Å²) in [5.74, 6) is 5.70. The van der Waals surface area contributed by atoms with Crippen LogP contribution in [0.25, 0.3) is 11.3 Å². The van der Waals surface area contributed by atoms with Crippen LogP contribution in [0, 0.1) is 12.3 Å². The van der Waals surface area contributed by atoms with E-state index in [4.69, 9.17) is 21.9 Å². The molecule has 0 radical (unpaired) electrons. The third-order valence-electron chi connectivity index (χ3n) is 3.67. The third-order valence-corrected chi connectivity index (χ3v) is 3.67. The zero-order chi connectivity index (χ0) is 14.8. The van der Waals surface area contributed by atoms with Gasteiger partial charge in [0.15, 0.2) is 0 Å². The highest BCUT2D eigenvalue weighted by molar-refractivity contribution is 5.71. The summed E-state index contributed by atoms with van der Waals surface area (Å²) in [5.41, 5.74) is 8.07. The van der Waals surface area contributed by atoms with Gasteiger partial charge in [-0.2, -0.15) is 0 Å². The fourth-order valence-corrected chi connectivity index (χ4v) is 2.48. The number of terminal acetylenes is 1. The van der Waals surface area contributed by atoms with Crippen LogP contribution in [0.3, 0.4) is 0 Å². The normalized spacial score (nSPS) is 13.9. The van der Waals surface area contributed by atoms with Gasteiger partial charge in [-0.25, -0.2) is 4.98 Å². The molecular formula is C17H19N3O. The molecule has 3 rings (SSSR count). The molecule has 2 N–H and O–H groups in total. The first kappa shape index (κ1) is 13.6. The topological polar surface area (TPSA) is 53.1 Å². The number of benzene rings is 1. The molecule has 1 aromatic heterocycles. The second-order valence-electron chi connectivity index (χ2n) is 5.23. The van der Waals surface area contributed by atoms with E-state index in [1.807, 2.05) is 35.8 Å². The molecule has 1 saturated carbocycles. The van der Waals surface area contributed by atoms with Gasteiger partial charge in [-0.1, -0.05) is 5.92 Å². The predicted octanol–water partition coefficient (Wildman–Crippen LogP) is 3.04. The Balaban J connectivity index is 1.98. The van der Waals surface area contributed by atoms with Gasteiger partial charge in [-0.05, 0) is 44.0 Å². The van der Waals surface area contributed by atoms with Crippen molar-refractivity contribution >= 4 is 5.82 Å². The quantitative estimate of drug-likeness (QED) is 0.857. The van der Waals surface area contributed by atoms with E-state index in [0.717, 1.165) is 22.8 Å². The summed E-state index contributed by atoms with van der Waals surface area (Å²) in [6.45, 7) is 3.10. The Kier molecular flexibility index (Phi) is 3.57. The Labute approximate surface area is 124 Å². The first-order valence-electron chi connectivity index (χ1n) is 7.27. The first-order chi connectivity index (χ1) is 10.2. The van der Waals surface area contributed by atoms with Crippen molar-refractivity contribution in [3.8, 4) is 29.4 Å². The van der Waals surface area contributed by atoms with Gasteiger partial charge in [-0.15, -0.1) is 6.42 Å². The minimum atomic E-state index is 0.474. The first-order valence-corrected chi connectivity index (χ1v) is 7.27. The van der Waals surface area contributed by atoms with Crippen LogP contribution in [-0.2, 0) is 6.54 Å². The standard InChI is InChI=1S/C17H19N3O/c1-3-11-20-16(18)15(19-17(20)13-5-6-13)12-7-9-14(10-8-12)21-4-2/h1,7-10,13H,4-6,11,18H2,2H3. The zero-order valence-electron chi connectivity index (χ0n) is 12.2. The number of aromatic nitrogens is 2. The smallest absolute Gasteiger partial charge is 0.132 e. The molecular weight excluding hydrogens is 262 g/mol. The molecule has 108 valence electrons. The zero-order valence-corrected chi connectivity index (χ0v) is 12.2. The fourth-order valence-electron chi connectivity index (χ4n) is 2.48. The molecule has 1 heterocycles. The highest BCUT2D eigenvalue weighted by atomic mass is 16.5. The lowest BCUT2D eigenvalue weighted by molar-refractivity contribution is 0.340. The molecule has 0 aliphatic heterocycles. The summed E-state index contributed by atoms with van der Waals surface area (Å²) >= 11 is 0. The lowest BCUT2D eigenvalue weighted by Gasteiger charge is -2.05. The Bertz CT molecular complexity index is 675. The van der Waals surface area contributed by atoms with Crippen LogP contribution in [-0.4, -0.2) is 16.2 Å². The van der Waals surface area contributed by atoms with Crippen molar-refractivity contribution in [3.05, 3.63) is 30.1 Å². The maximum atomic E-state index is 6.26. The van der Waals surface area contributed by atoms with Gasteiger partial charge in [0.1, 0.15) is 23.1 Å². The molecule has 0 spiro atoms. The number of hydrogen-bond acceptors (Lipinski definition) is 3. The van der Waals surface area contributed by atoms with E-state index in [9.17, 15) is 0 Å². The highest BCUT2D eigenvalue weighted by Crippen LogP contribution is 2.42. The van der Waals surface area contributed by atoms with Crippen LogP contribution in [0.5, 0.6) is 5.75 Å². The lowest BCUT2D eigenvalue weighted by Crippen LogP contribution is -2.05. The molecule has 0 atom stereocenters. The Hall–Kier alpha value is -2.41. The summed E-state index contributed by atoms with van der Waals surface area (Å²) < 4.78 is 7.42. The van der Waals surface area contributed by atoms with Gasteiger partial charge in [0.2, 0.25) is 0 Å². The summed E-state index contributed by atoms with van der Waals surface area (Å²) in [5, 5.41) is 0. The van der Waals surface area contributed by atoms with Gasteiger partial charge in [0.05, 0.1) is 13.2 Å². The molecule has 4 nitrogen and oxygen atoms in total. The molecule has 1 aliphatic rings. The third kappa shape index (κ3) is 2.59. The molecule has 1 aromatic carbocycles. The van der Waals surface area contributed by atoms with Gasteiger partial charge >= 0.3 is 0 Å². The van der Waals surface area contributed by atoms with Crippen LogP contribution in [0.2, 0.25) is 0 Å². The van der Waals surface area contributed by atoms with Gasteiger partial charge in [0, 0.05) is 11.5 Å². The van der Waals surface area contributed by atoms with Gasteiger partial charge < -0.3 is 15.0 Å². The van der Waals surface area contributed by atoms with Crippen molar-refractivity contribution < 1.29 is 4.74 Å². The fraction of sp³-hybridized carbons (Fsp3) is 0.353. The van der Waals surface area contributed by atoms with Crippen molar-refractivity contribution in [1.82, 2.24) is 9.55 Å². The predicted molar refractivity (Wildman–Crippen MR) is 84.1 cm³/mol. The van der Waals surface area contributed by atoms with E-state index < -0.39 is 0 Å². The average Bonchev–Trinajstić information content (AvgIpc) is 3.28. The average molecular weight is 281 g/mol. The lowest BCUT2D eigenvalue weighted by atomic mass is 10.1. The monoisotopic (exact) mass is 281 g/mol. The van der Waals surface area contributed by atoms with Crippen LogP contribution in [0.1, 0.15) is 31.5 Å². The molecule has 1 fully saturated rings. The number of anilines is 1. The number of nitrogen functional groups attached to an aromatic ring is 1. The van der Waals surface area contributed by atoms with Crippen molar-refractivity contribution in [2.24, 2.45) is 0 Å². The van der Waals surface area contributed by atoms with E-state index in [0.29, 0.717) is 24.9 Å². The maximum absolute atomic E-state index is 6.26. The molecule has 1 aliphatic carbocycles. The van der Waals surface area contributed by atoms with Crippen molar-refractivity contribution in [2.75, 3.05) is 12.3 Å². The van der Waals surface area contributed by atoms with Crippen LogP contribution in [0.4, 0.5) is 5.82 Å². The number of rotatable bonds is 5. The molecule has 4 heteroatoms. The summed E-state index contributed by atoms with van der Waals surface area (Å²) in [4.78, 5) is 4.74. The summed E-state index contributed by atoms with van der Waals surface area (Å²) in [6.07, 6.45) is 7.79. The van der Waals surface area contributed by atoms with E-state index in [-0.39, 0.29) is 0 Å². The molecule has 21 heavy (non-hydrogen) atoms. The summed E-state index contributed by atoms with van der Waals surface area (Å²) in [7, 11) is 0. The maximum Gasteiger partial charge on any atom is 0.132 e. The number of hydrogen-bond donors (Lipinski definition) is 1. The highest BCUT2D eigenvalue weighted by Gasteiger charge is 2.30. The van der Waals surface area contributed by atoms with Crippen LogP contribution in [0.15, 0.2) is 24.3 Å². The molecule has 0 saturated heterocycles.